The van der Waals surface area contributed by atoms with E-state index in [0.717, 1.165) is 0 Å². The van der Waals surface area contributed by atoms with E-state index < -0.39 is 0 Å². The molecule has 2 aromatic rings. The van der Waals surface area contributed by atoms with Crippen LogP contribution in [0.3, 0.4) is 0 Å². The van der Waals surface area contributed by atoms with Gasteiger partial charge in [-0.1, -0.05) is 0 Å². The molecule has 0 aliphatic rings. The zero-order valence-corrected chi connectivity index (χ0v) is 17.0. The Balaban J connectivity index is 2.23. The molecule has 154 valence electrons. The molecule has 8 nitrogen and oxygen atoms in total. The minimum absolute atomic E-state index is 0.213. The van der Waals surface area contributed by atoms with Gasteiger partial charge in [-0.05, 0) is 42.0 Å². The van der Waals surface area contributed by atoms with Gasteiger partial charge in [-0.15, -0.1) is 0 Å². The molecule has 0 aliphatic carbocycles. The van der Waals surface area contributed by atoms with Crippen LogP contribution in [-0.2, 0) is 9.59 Å². The van der Waals surface area contributed by atoms with Crippen molar-refractivity contribution >= 4 is 29.3 Å². The van der Waals surface area contributed by atoms with Crippen LogP contribution in [0.25, 0.3) is 6.08 Å². The SMILES string of the molecule is COc1ccc(NC(C)=O)cc1NC(=O)/C=C/c1cc(OC)c(OC)c(OC)c1. The second-order valence-electron chi connectivity index (χ2n) is 5.88. The predicted molar refractivity (Wildman–Crippen MR) is 111 cm³/mol. The molecule has 0 unspecified atom stereocenters. The maximum Gasteiger partial charge on any atom is 0.248 e. The molecule has 0 aromatic heterocycles. The van der Waals surface area contributed by atoms with Gasteiger partial charge in [0.2, 0.25) is 17.6 Å². The summed E-state index contributed by atoms with van der Waals surface area (Å²) in [7, 11) is 6.05. The average molecular weight is 400 g/mol. The van der Waals surface area contributed by atoms with Crippen molar-refractivity contribution in [1.29, 1.82) is 0 Å². The van der Waals surface area contributed by atoms with E-state index in [9.17, 15) is 9.59 Å². The fourth-order valence-electron chi connectivity index (χ4n) is 2.63. The quantitative estimate of drug-likeness (QED) is 0.660. The number of hydrogen-bond donors (Lipinski definition) is 2. The molecular weight excluding hydrogens is 376 g/mol. The van der Waals surface area contributed by atoms with Gasteiger partial charge >= 0.3 is 0 Å². The van der Waals surface area contributed by atoms with Crippen LogP contribution in [0.1, 0.15) is 12.5 Å². The van der Waals surface area contributed by atoms with Crippen molar-refractivity contribution in [3.05, 3.63) is 42.0 Å². The highest BCUT2D eigenvalue weighted by Crippen LogP contribution is 2.38. The maximum absolute atomic E-state index is 12.4. The number of rotatable bonds is 8. The highest BCUT2D eigenvalue weighted by Gasteiger charge is 2.12. The average Bonchev–Trinajstić information content (AvgIpc) is 2.71. The first-order chi connectivity index (χ1) is 13.9. The van der Waals surface area contributed by atoms with Crippen molar-refractivity contribution in [3.8, 4) is 23.0 Å². The van der Waals surface area contributed by atoms with E-state index in [2.05, 4.69) is 10.6 Å². The third-order valence-corrected chi connectivity index (χ3v) is 3.89. The van der Waals surface area contributed by atoms with Crippen LogP contribution < -0.4 is 29.6 Å². The first-order valence-electron chi connectivity index (χ1n) is 8.66. The lowest BCUT2D eigenvalue weighted by Gasteiger charge is -2.13. The molecule has 0 radical (unpaired) electrons. The Morgan fingerprint density at radius 3 is 1.97 bits per heavy atom. The third-order valence-electron chi connectivity index (χ3n) is 3.89. The summed E-state index contributed by atoms with van der Waals surface area (Å²) in [6.45, 7) is 1.41. The fraction of sp³-hybridized carbons (Fsp3) is 0.238. The third kappa shape index (κ3) is 5.65. The van der Waals surface area contributed by atoms with E-state index in [4.69, 9.17) is 18.9 Å². The van der Waals surface area contributed by atoms with Gasteiger partial charge < -0.3 is 29.6 Å². The smallest absolute Gasteiger partial charge is 0.248 e. The van der Waals surface area contributed by atoms with Crippen molar-refractivity contribution in [2.45, 2.75) is 6.92 Å². The van der Waals surface area contributed by atoms with Crippen molar-refractivity contribution in [2.24, 2.45) is 0 Å². The summed E-state index contributed by atoms with van der Waals surface area (Å²) in [5.74, 6) is 1.31. The zero-order valence-electron chi connectivity index (χ0n) is 17.0. The summed E-state index contributed by atoms with van der Waals surface area (Å²) in [6, 6.07) is 8.41. The number of nitrogens with one attached hydrogen (secondary N) is 2. The molecule has 2 rings (SSSR count). The van der Waals surface area contributed by atoms with Crippen LogP contribution in [0.4, 0.5) is 11.4 Å². The number of ether oxygens (including phenoxy) is 4. The molecule has 0 saturated carbocycles. The molecule has 2 amide bonds. The minimum Gasteiger partial charge on any atom is -0.495 e. The summed E-state index contributed by atoms with van der Waals surface area (Å²) in [6.07, 6.45) is 2.98. The van der Waals surface area contributed by atoms with Crippen LogP contribution in [-0.4, -0.2) is 40.3 Å². The molecule has 29 heavy (non-hydrogen) atoms. The highest BCUT2D eigenvalue weighted by molar-refractivity contribution is 6.03. The topological polar surface area (TPSA) is 95.1 Å². The molecule has 0 aliphatic heterocycles. The second-order valence-corrected chi connectivity index (χ2v) is 5.88. The lowest BCUT2D eigenvalue weighted by atomic mass is 10.1. The van der Waals surface area contributed by atoms with Gasteiger partial charge in [0.05, 0.1) is 34.1 Å². The standard InChI is InChI=1S/C21H24N2O6/c1-13(24)22-15-7-8-17(26-2)16(12-15)23-20(25)9-6-14-10-18(27-3)21(29-5)19(11-14)28-4/h6-12H,1-5H3,(H,22,24)(H,23,25)/b9-6+. The van der Waals surface area contributed by atoms with Gasteiger partial charge in [0.25, 0.3) is 0 Å². The Labute approximate surface area is 169 Å². The zero-order chi connectivity index (χ0) is 21.4. The van der Waals surface area contributed by atoms with Crippen molar-refractivity contribution < 1.29 is 28.5 Å². The molecule has 0 heterocycles. The van der Waals surface area contributed by atoms with Crippen LogP contribution in [0.5, 0.6) is 23.0 Å². The Morgan fingerprint density at radius 2 is 1.45 bits per heavy atom. The molecule has 2 aromatic carbocycles. The van der Waals surface area contributed by atoms with E-state index in [0.29, 0.717) is 39.9 Å². The monoisotopic (exact) mass is 400 g/mol. The number of methoxy groups -OCH3 is 4. The molecule has 2 N–H and O–H groups in total. The first kappa shape index (κ1) is 21.6. The Kier molecular flexibility index (Phi) is 7.47. The molecule has 0 atom stereocenters. The number of carbonyl (C=O) groups is 2. The van der Waals surface area contributed by atoms with Gasteiger partial charge in [0.15, 0.2) is 11.5 Å². The summed E-state index contributed by atoms with van der Waals surface area (Å²) in [5.41, 5.74) is 1.66. The van der Waals surface area contributed by atoms with Crippen LogP contribution in [0.2, 0.25) is 0 Å². The lowest BCUT2D eigenvalue weighted by molar-refractivity contribution is -0.114. The van der Waals surface area contributed by atoms with E-state index >= 15 is 0 Å². The minimum atomic E-state index is -0.378. The van der Waals surface area contributed by atoms with Crippen LogP contribution in [0, 0.1) is 0 Å². The Morgan fingerprint density at radius 1 is 0.828 bits per heavy atom. The van der Waals surface area contributed by atoms with Gasteiger partial charge in [0.1, 0.15) is 5.75 Å². The van der Waals surface area contributed by atoms with E-state index in [1.807, 2.05) is 0 Å². The fourth-order valence-corrected chi connectivity index (χ4v) is 2.63. The number of carbonyl (C=O) groups excluding carboxylic acids is 2. The molecule has 0 spiro atoms. The first-order valence-corrected chi connectivity index (χ1v) is 8.66. The van der Waals surface area contributed by atoms with Crippen LogP contribution in [0.15, 0.2) is 36.4 Å². The molecule has 8 heteroatoms. The van der Waals surface area contributed by atoms with Crippen LogP contribution >= 0.6 is 0 Å². The number of benzene rings is 2. The number of amides is 2. The van der Waals surface area contributed by atoms with E-state index in [1.165, 1.54) is 41.4 Å². The predicted octanol–water partition coefficient (Wildman–Crippen LogP) is 3.33. The van der Waals surface area contributed by atoms with Gasteiger partial charge in [-0.25, -0.2) is 0 Å². The normalized spacial score (nSPS) is 10.4. The summed E-state index contributed by atoms with van der Waals surface area (Å²) >= 11 is 0. The molecule has 0 saturated heterocycles. The Hall–Kier alpha value is -3.68. The van der Waals surface area contributed by atoms with E-state index in [1.54, 1.807) is 36.4 Å². The largest absolute Gasteiger partial charge is 0.495 e. The highest BCUT2D eigenvalue weighted by atomic mass is 16.5. The second kappa shape index (κ2) is 10.0. The summed E-state index contributed by atoms with van der Waals surface area (Å²) < 4.78 is 21.2. The van der Waals surface area contributed by atoms with Gasteiger partial charge in [0, 0.05) is 18.7 Å². The van der Waals surface area contributed by atoms with E-state index in [-0.39, 0.29) is 11.8 Å². The summed E-state index contributed by atoms with van der Waals surface area (Å²) in [5, 5.41) is 5.40. The number of hydrogen-bond acceptors (Lipinski definition) is 6. The van der Waals surface area contributed by atoms with Crippen molar-refractivity contribution in [2.75, 3.05) is 39.1 Å². The molecule has 0 fully saturated rings. The molecule has 0 bridgehead atoms. The van der Waals surface area contributed by atoms with Gasteiger partial charge in [-0.3, -0.25) is 9.59 Å². The Bertz CT molecular complexity index is 898. The van der Waals surface area contributed by atoms with Gasteiger partial charge in [-0.2, -0.15) is 0 Å². The van der Waals surface area contributed by atoms with Crippen molar-refractivity contribution in [1.82, 2.24) is 0 Å². The lowest BCUT2D eigenvalue weighted by Crippen LogP contribution is -2.10. The number of anilines is 2. The summed E-state index contributed by atoms with van der Waals surface area (Å²) in [4.78, 5) is 23.6. The maximum atomic E-state index is 12.4. The van der Waals surface area contributed by atoms with Crippen molar-refractivity contribution in [3.63, 3.8) is 0 Å². The molecular formula is C21H24N2O6.